The zero-order valence-corrected chi connectivity index (χ0v) is 7.31. The lowest BCUT2D eigenvalue weighted by Crippen LogP contribution is -2.02. The van der Waals surface area contributed by atoms with E-state index in [-0.39, 0.29) is 0 Å². The van der Waals surface area contributed by atoms with Gasteiger partial charge < -0.3 is 0 Å². The molecule has 0 aromatic heterocycles. The summed E-state index contributed by atoms with van der Waals surface area (Å²) in [6.45, 7) is 0. The molecule has 0 aromatic rings. The summed E-state index contributed by atoms with van der Waals surface area (Å²) in [6.07, 6.45) is 0. The second kappa shape index (κ2) is 6.22. The van der Waals surface area contributed by atoms with E-state index in [0.717, 1.165) is 14.2 Å². The van der Waals surface area contributed by atoms with Gasteiger partial charge in [-0.05, 0) is 0 Å². The van der Waals surface area contributed by atoms with Gasteiger partial charge in [0.25, 0.3) is 0 Å². The van der Waals surface area contributed by atoms with Crippen LogP contribution in [0, 0.1) is 0 Å². The van der Waals surface area contributed by atoms with E-state index in [0.29, 0.717) is 0 Å². The third-order valence-corrected chi connectivity index (χ3v) is 1.22. The van der Waals surface area contributed by atoms with Crippen LogP contribution in [-0.4, -0.2) is 35.3 Å². The zero-order valence-electron chi connectivity index (χ0n) is 5.67. The van der Waals surface area contributed by atoms with Gasteiger partial charge in [-0.25, -0.2) is 0 Å². The Hall–Kier alpha value is -0.510. The highest BCUT2D eigenvalue weighted by Crippen LogP contribution is 1.85. The first kappa shape index (κ1) is 13.1. The average molecular weight is 206 g/mol. The minimum atomic E-state index is -3.66. The van der Waals surface area contributed by atoms with Gasteiger partial charge in [0.1, 0.15) is 0 Å². The van der Waals surface area contributed by atoms with Gasteiger partial charge >= 0.3 is 21.0 Å². The molecule has 0 bridgehead atoms. The van der Waals surface area contributed by atoms with E-state index in [1.165, 1.54) is 0 Å². The highest BCUT2D eigenvalue weighted by molar-refractivity contribution is 7.81. The highest BCUT2D eigenvalue weighted by Gasteiger charge is 2.01. The lowest BCUT2D eigenvalue weighted by atomic mass is 11.8. The van der Waals surface area contributed by atoms with E-state index < -0.39 is 21.0 Å². The fourth-order valence-corrected chi connectivity index (χ4v) is 0.204. The van der Waals surface area contributed by atoms with Gasteiger partial charge in [-0.1, -0.05) is 0 Å². The fourth-order valence-electron chi connectivity index (χ4n) is 0.0680. The van der Waals surface area contributed by atoms with Crippen molar-refractivity contribution in [3.63, 3.8) is 0 Å². The molecular formula is C2H6O7S2. The molecule has 11 heavy (non-hydrogen) atoms. The molecule has 0 radical (unpaired) electrons. The van der Waals surface area contributed by atoms with E-state index in [1.54, 1.807) is 0 Å². The first-order chi connectivity index (χ1) is 4.85. The van der Waals surface area contributed by atoms with E-state index >= 15 is 0 Å². The normalized spacial score (nSPS) is 9.64. The molecular weight excluding hydrogens is 200 g/mol. The molecule has 0 aliphatic rings. The SMILES string of the molecule is COS(=O)(=O)OC.O=S(=O)=O. The maximum absolute atomic E-state index is 9.92. The van der Waals surface area contributed by atoms with Crippen LogP contribution in [0.5, 0.6) is 0 Å². The molecule has 0 amide bonds. The van der Waals surface area contributed by atoms with Crippen molar-refractivity contribution in [1.82, 2.24) is 0 Å². The summed E-state index contributed by atoms with van der Waals surface area (Å²) in [5.74, 6) is 0. The molecule has 0 spiro atoms. The number of hydrogen-bond donors (Lipinski definition) is 0. The molecule has 0 heterocycles. The van der Waals surface area contributed by atoms with E-state index in [4.69, 9.17) is 12.6 Å². The predicted octanol–water partition coefficient (Wildman–Crippen LogP) is -1.48. The molecule has 0 saturated heterocycles. The maximum atomic E-state index is 9.92. The molecule has 9 heteroatoms. The number of hydrogen-bond acceptors (Lipinski definition) is 7. The van der Waals surface area contributed by atoms with Crippen molar-refractivity contribution in [2.75, 3.05) is 14.2 Å². The lowest BCUT2D eigenvalue weighted by Gasteiger charge is -1.91. The van der Waals surface area contributed by atoms with Crippen molar-refractivity contribution in [3.05, 3.63) is 0 Å². The van der Waals surface area contributed by atoms with Crippen LogP contribution in [0.3, 0.4) is 0 Å². The van der Waals surface area contributed by atoms with Crippen LogP contribution < -0.4 is 0 Å². The van der Waals surface area contributed by atoms with Crippen LogP contribution in [0.4, 0.5) is 0 Å². The van der Waals surface area contributed by atoms with E-state index in [9.17, 15) is 8.42 Å². The molecule has 0 aliphatic carbocycles. The maximum Gasteiger partial charge on any atom is 0.425 e. The Kier molecular flexibility index (Phi) is 7.41. The van der Waals surface area contributed by atoms with Gasteiger partial charge in [0.2, 0.25) is 0 Å². The summed E-state index contributed by atoms with van der Waals surface area (Å²) in [5, 5.41) is 0. The van der Waals surface area contributed by atoms with Crippen molar-refractivity contribution >= 4 is 21.0 Å². The second-order valence-electron chi connectivity index (χ2n) is 0.946. The first-order valence-electron chi connectivity index (χ1n) is 1.98. The lowest BCUT2D eigenvalue weighted by molar-refractivity contribution is 0.286. The summed E-state index contributed by atoms with van der Waals surface area (Å²) in [5.41, 5.74) is 0. The topological polar surface area (TPSA) is 104 Å². The van der Waals surface area contributed by atoms with Crippen molar-refractivity contribution in [3.8, 4) is 0 Å². The third kappa shape index (κ3) is 17.7. The monoisotopic (exact) mass is 206 g/mol. The van der Waals surface area contributed by atoms with Gasteiger partial charge in [-0.2, -0.15) is 8.42 Å². The Balaban J connectivity index is 0. The molecule has 0 fully saturated rings. The highest BCUT2D eigenvalue weighted by atomic mass is 32.3. The first-order valence-corrected chi connectivity index (χ1v) is 4.32. The Morgan fingerprint density at radius 3 is 1.18 bits per heavy atom. The quantitative estimate of drug-likeness (QED) is 0.542. The van der Waals surface area contributed by atoms with Gasteiger partial charge in [-0.3, -0.25) is 8.37 Å². The van der Waals surface area contributed by atoms with E-state index in [2.05, 4.69) is 8.37 Å². The van der Waals surface area contributed by atoms with Gasteiger partial charge in [0.05, 0.1) is 14.2 Å². The molecule has 68 valence electrons. The second-order valence-corrected chi connectivity index (χ2v) is 2.84. The molecule has 7 nitrogen and oxygen atoms in total. The summed E-state index contributed by atoms with van der Waals surface area (Å²) in [7, 11) is -4.72. The minimum Gasteiger partial charge on any atom is -0.252 e. The van der Waals surface area contributed by atoms with Crippen molar-refractivity contribution in [2.24, 2.45) is 0 Å². The molecule has 0 unspecified atom stereocenters. The van der Waals surface area contributed by atoms with Crippen molar-refractivity contribution in [2.45, 2.75) is 0 Å². The Morgan fingerprint density at radius 2 is 1.18 bits per heavy atom. The van der Waals surface area contributed by atoms with Gasteiger partial charge in [0, 0.05) is 0 Å². The summed E-state index contributed by atoms with van der Waals surface area (Å²) >= 11 is 0. The van der Waals surface area contributed by atoms with Crippen LogP contribution >= 0.6 is 0 Å². The molecule has 0 N–H and O–H groups in total. The molecule has 0 aromatic carbocycles. The largest absolute Gasteiger partial charge is 0.425 e. The Labute approximate surface area is 65.3 Å². The number of rotatable bonds is 2. The molecule has 0 rings (SSSR count). The summed E-state index contributed by atoms with van der Waals surface area (Å²) < 4.78 is 52.9. The van der Waals surface area contributed by atoms with E-state index in [1.807, 2.05) is 0 Å². The van der Waals surface area contributed by atoms with Crippen LogP contribution in [-0.2, 0) is 29.4 Å². The molecule has 0 aliphatic heterocycles. The molecule has 0 saturated carbocycles. The Bertz CT molecular complexity index is 251. The van der Waals surface area contributed by atoms with Crippen molar-refractivity contribution < 1.29 is 29.4 Å². The summed E-state index contributed by atoms with van der Waals surface area (Å²) in [6, 6.07) is 0. The van der Waals surface area contributed by atoms with Crippen LogP contribution in [0.1, 0.15) is 0 Å². The smallest absolute Gasteiger partial charge is 0.252 e. The Morgan fingerprint density at radius 1 is 1.00 bits per heavy atom. The average Bonchev–Trinajstić information content (AvgIpc) is 1.87. The van der Waals surface area contributed by atoms with Gasteiger partial charge in [-0.15, -0.1) is 12.6 Å². The predicted molar refractivity (Wildman–Crippen MR) is 32.6 cm³/mol. The fraction of sp³-hybridized carbons (Fsp3) is 1.00. The van der Waals surface area contributed by atoms with Crippen LogP contribution in [0.25, 0.3) is 0 Å². The molecule has 0 atom stereocenters. The third-order valence-electron chi connectivity index (χ3n) is 0.408. The summed E-state index contributed by atoms with van der Waals surface area (Å²) in [4.78, 5) is 0. The zero-order chi connectivity index (χ0) is 9.49. The van der Waals surface area contributed by atoms with Crippen LogP contribution in [0.15, 0.2) is 0 Å². The van der Waals surface area contributed by atoms with Crippen molar-refractivity contribution in [1.29, 1.82) is 0 Å². The minimum absolute atomic E-state index is 1.03. The standard InChI is InChI=1S/C2H6O4S.O3S/c1-5-7(3,4)6-2;1-4(2)3/h1-2H3;. The van der Waals surface area contributed by atoms with Gasteiger partial charge in [0.15, 0.2) is 0 Å². The van der Waals surface area contributed by atoms with Crippen LogP contribution in [0.2, 0.25) is 0 Å².